The molecule has 268 valence electrons. The smallest absolute Gasteiger partial charge is 0.147 e. The Morgan fingerprint density at radius 1 is 0.351 bits per heavy atom. The van der Waals surface area contributed by atoms with Crippen LogP contribution in [-0.4, -0.2) is 4.57 Å². The molecule has 0 N–H and O–H groups in total. The van der Waals surface area contributed by atoms with E-state index in [1.165, 1.54) is 11.1 Å². The third kappa shape index (κ3) is 5.60. The average Bonchev–Trinajstić information content (AvgIpc) is 3.84. The van der Waals surface area contributed by atoms with Crippen LogP contribution in [0.1, 0.15) is 0 Å². The van der Waals surface area contributed by atoms with Crippen LogP contribution in [0.15, 0.2) is 223 Å². The summed E-state index contributed by atoms with van der Waals surface area (Å²) in [7, 11) is 0. The Balaban J connectivity index is 1.27. The maximum absolute atomic E-state index is 7.01. The quantitative estimate of drug-likeness (QED) is 0.163. The lowest BCUT2D eigenvalue weighted by Gasteiger charge is -2.28. The SMILES string of the molecule is c1ccc(-c2ccc(N(c3cc(-c4ccccc4)cc(-c4ccccc4)c3)c3cc4c(c5ccccc5n4-c4ccccc4)c4oc5ccccc5c34)cc2)cc1. The summed E-state index contributed by atoms with van der Waals surface area (Å²) >= 11 is 0. The molecule has 3 nitrogen and oxygen atoms in total. The van der Waals surface area contributed by atoms with Gasteiger partial charge in [0.25, 0.3) is 0 Å². The van der Waals surface area contributed by atoms with Crippen LogP contribution in [0.5, 0.6) is 0 Å². The second-order valence-electron chi connectivity index (χ2n) is 14.5. The lowest BCUT2D eigenvalue weighted by Crippen LogP contribution is -2.11. The molecule has 2 aromatic heterocycles. The number of hydrogen-bond donors (Lipinski definition) is 0. The molecule has 0 bridgehead atoms. The Labute approximate surface area is 330 Å². The molecule has 0 unspecified atom stereocenters. The molecule has 0 aliphatic heterocycles. The first-order valence-corrected chi connectivity index (χ1v) is 19.4. The number of para-hydroxylation sites is 3. The van der Waals surface area contributed by atoms with Crippen molar-refractivity contribution in [3.63, 3.8) is 0 Å². The van der Waals surface area contributed by atoms with E-state index in [1.807, 2.05) is 0 Å². The highest BCUT2D eigenvalue weighted by Gasteiger charge is 2.26. The number of hydrogen-bond acceptors (Lipinski definition) is 2. The Kier molecular flexibility index (Phi) is 7.82. The van der Waals surface area contributed by atoms with Crippen LogP contribution in [0.2, 0.25) is 0 Å². The van der Waals surface area contributed by atoms with Crippen molar-refractivity contribution in [1.29, 1.82) is 0 Å². The van der Waals surface area contributed by atoms with Crippen LogP contribution in [0, 0.1) is 0 Å². The number of fused-ring (bicyclic) bond motifs is 7. The summed E-state index contributed by atoms with van der Waals surface area (Å²) in [5, 5.41) is 4.41. The van der Waals surface area contributed by atoms with Gasteiger partial charge in [0.05, 0.1) is 27.5 Å². The first kappa shape index (κ1) is 32.8. The molecular weight excluding hydrogens is 693 g/mol. The maximum Gasteiger partial charge on any atom is 0.147 e. The Hall–Kier alpha value is -7.62. The van der Waals surface area contributed by atoms with Gasteiger partial charge in [-0.05, 0) is 94.0 Å². The summed E-state index contributed by atoms with van der Waals surface area (Å²) in [6, 6.07) is 78.1. The monoisotopic (exact) mass is 728 g/mol. The highest BCUT2D eigenvalue weighted by atomic mass is 16.3. The van der Waals surface area contributed by atoms with Crippen LogP contribution < -0.4 is 4.90 Å². The average molecular weight is 729 g/mol. The maximum atomic E-state index is 7.01. The fraction of sp³-hybridized carbons (Fsp3) is 0. The molecule has 0 atom stereocenters. The summed E-state index contributed by atoms with van der Waals surface area (Å²) < 4.78 is 9.39. The lowest BCUT2D eigenvalue weighted by molar-refractivity contribution is 0.673. The molecule has 3 heteroatoms. The molecule has 9 aromatic carbocycles. The van der Waals surface area contributed by atoms with Gasteiger partial charge in [-0.3, -0.25) is 0 Å². The van der Waals surface area contributed by atoms with E-state index in [0.717, 1.165) is 88.7 Å². The van der Waals surface area contributed by atoms with Gasteiger partial charge in [0.15, 0.2) is 0 Å². The number of aromatic nitrogens is 1. The second kappa shape index (κ2) is 13.6. The van der Waals surface area contributed by atoms with E-state index in [-0.39, 0.29) is 0 Å². The van der Waals surface area contributed by atoms with Crippen molar-refractivity contribution >= 4 is 60.8 Å². The predicted molar refractivity (Wildman–Crippen MR) is 239 cm³/mol. The molecular formula is C54H36N2O. The van der Waals surface area contributed by atoms with Crippen molar-refractivity contribution in [2.24, 2.45) is 0 Å². The summed E-state index contributed by atoms with van der Waals surface area (Å²) in [5.41, 5.74) is 15.2. The van der Waals surface area contributed by atoms with E-state index in [4.69, 9.17) is 4.42 Å². The first-order chi connectivity index (χ1) is 28.3. The largest absolute Gasteiger partial charge is 0.455 e. The lowest BCUT2D eigenvalue weighted by atomic mass is 9.96. The van der Waals surface area contributed by atoms with Gasteiger partial charge < -0.3 is 13.9 Å². The Bertz CT molecular complexity index is 3140. The number of benzene rings is 9. The fourth-order valence-corrected chi connectivity index (χ4v) is 8.54. The zero-order valence-corrected chi connectivity index (χ0v) is 31.1. The molecule has 57 heavy (non-hydrogen) atoms. The topological polar surface area (TPSA) is 21.3 Å². The van der Waals surface area contributed by atoms with Gasteiger partial charge in [0.2, 0.25) is 0 Å². The summed E-state index contributed by atoms with van der Waals surface area (Å²) in [6.45, 7) is 0. The first-order valence-electron chi connectivity index (χ1n) is 19.4. The van der Waals surface area contributed by atoms with Crippen LogP contribution in [-0.2, 0) is 0 Å². The highest BCUT2D eigenvalue weighted by molar-refractivity contribution is 6.28. The van der Waals surface area contributed by atoms with E-state index in [9.17, 15) is 0 Å². The molecule has 0 spiro atoms. The fourth-order valence-electron chi connectivity index (χ4n) is 8.54. The van der Waals surface area contributed by atoms with Gasteiger partial charge in [0, 0.05) is 27.8 Å². The van der Waals surface area contributed by atoms with E-state index in [0.29, 0.717) is 0 Å². The van der Waals surface area contributed by atoms with Crippen molar-refractivity contribution in [3.05, 3.63) is 218 Å². The second-order valence-corrected chi connectivity index (χ2v) is 14.5. The van der Waals surface area contributed by atoms with Crippen LogP contribution in [0.3, 0.4) is 0 Å². The summed E-state index contributed by atoms with van der Waals surface area (Å²) in [6.07, 6.45) is 0. The van der Waals surface area contributed by atoms with Crippen LogP contribution in [0.4, 0.5) is 17.1 Å². The van der Waals surface area contributed by atoms with E-state index < -0.39 is 0 Å². The van der Waals surface area contributed by atoms with E-state index in [2.05, 4.69) is 228 Å². The van der Waals surface area contributed by atoms with Crippen LogP contribution in [0.25, 0.3) is 82.8 Å². The molecule has 0 saturated heterocycles. The van der Waals surface area contributed by atoms with Crippen LogP contribution >= 0.6 is 0 Å². The van der Waals surface area contributed by atoms with Gasteiger partial charge in [0.1, 0.15) is 11.2 Å². The predicted octanol–water partition coefficient (Wildman–Crippen LogP) is 15.2. The number of furan rings is 1. The minimum Gasteiger partial charge on any atom is -0.455 e. The van der Waals surface area contributed by atoms with Crippen molar-refractivity contribution in [2.75, 3.05) is 4.90 Å². The molecule has 0 amide bonds. The molecule has 0 aliphatic carbocycles. The molecule has 2 heterocycles. The summed E-state index contributed by atoms with van der Waals surface area (Å²) in [4.78, 5) is 2.43. The highest BCUT2D eigenvalue weighted by Crippen LogP contribution is 2.49. The molecule has 11 aromatic rings. The molecule has 0 radical (unpaired) electrons. The molecule has 11 rings (SSSR count). The van der Waals surface area contributed by atoms with Gasteiger partial charge in [-0.25, -0.2) is 0 Å². The standard InChI is InChI=1S/C54H36N2O/c1-5-17-37(18-6-1)40-29-31-44(32-30-40)55(45-34-41(38-19-7-2-8-20-38)33-42(35-45)39-21-9-3-10-22-39)49-36-50-52(54-53(49)47-26-14-16-28-51(47)57-54)46-25-13-15-27-48(46)56(50)43-23-11-4-12-24-43/h1-36H. The number of rotatable bonds is 7. The zero-order valence-electron chi connectivity index (χ0n) is 31.1. The number of nitrogens with zero attached hydrogens (tertiary/aromatic N) is 2. The van der Waals surface area contributed by atoms with Crippen molar-refractivity contribution in [3.8, 4) is 39.1 Å². The third-order valence-corrected chi connectivity index (χ3v) is 11.1. The van der Waals surface area contributed by atoms with E-state index >= 15 is 0 Å². The van der Waals surface area contributed by atoms with Gasteiger partial charge >= 0.3 is 0 Å². The van der Waals surface area contributed by atoms with E-state index in [1.54, 1.807) is 0 Å². The Morgan fingerprint density at radius 2 is 0.860 bits per heavy atom. The molecule has 0 saturated carbocycles. The normalized spacial score (nSPS) is 11.5. The summed E-state index contributed by atoms with van der Waals surface area (Å²) in [5.74, 6) is 0. The minimum atomic E-state index is 0.861. The van der Waals surface area contributed by atoms with Crippen molar-refractivity contribution < 1.29 is 4.42 Å². The van der Waals surface area contributed by atoms with Gasteiger partial charge in [-0.2, -0.15) is 0 Å². The minimum absolute atomic E-state index is 0.861. The van der Waals surface area contributed by atoms with Crippen molar-refractivity contribution in [1.82, 2.24) is 4.57 Å². The zero-order chi connectivity index (χ0) is 37.7. The molecule has 0 fully saturated rings. The van der Waals surface area contributed by atoms with Gasteiger partial charge in [-0.15, -0.1) is 0 Å². The van der Waals surface area contributed by atoms with Crippen molar-refractivity contribution in [2.45, 2.75) is 0 Å². The third-order valence-electron chi connectivity index (χ3n) is 11.1. The Morgan fingerprint density at radius 3 is 1.49 bits per heavy atom. The number of anilines is 3. The van der Waals surface area contributed by atoms with Gasteiger partial charge in [-0.1, -0.05) is 158 Å². The molecule has 0 aliphatic rings.